The van der Waals surface area contributed by atoms with E-state index in [0.29, 0.717) is 10.2 Å². The van der Waals surface area contributed by atoms with Crippen molar-refractivity contribution in [2.45, 2.75) is 41.7 Å². The average Bonchev–Trinajstić information content (AvgIpc) is 3.54. The first-order valence-electron chi connectivity index (χ1n) is 9.45. The Bertz CT molecular complexity index is 979. The number of anilines is 1. The Hall–Kier alpha value is -1.59. The van der Waals surface area contributed by atoms with Crippen LogP contribution in [-0.4, -0.2) is 26.8 Å². The summed E-state index contributed by atoms with van der Waals surface area (Å²) in [5.74, 6) is 0. The number of aryl methyl sites for hydroxylation is 1. The Balaban J connectivity index is 2.00. The standard InChI is InChI=1S/C22H24BrNO2S/c1-16-14-20(27(25,26)18-10-11-18)21(17-8-4-2-5-9-17)19(15-23)22(16)24-12-6-3-7-13-24/h2-6,8-9,14,18H,7,10-13,15H2,1H3. The average molecular weight is 446 g/mol. The van der Waals surface area contributed by atoms with Gasteiger partial charge >= 0.3 is 0 Å². The van der Waals surface area contributed by atoms with Gasteiger partial charge in [-0.2, -0.15) is 0 Å². The molecule has 0 radical (unpaired) electrons. The van der Waals surface area contributed by atoms with Crippen molar-refractivity contribution in [3.8, 4) is 11.1 Å². The highest BCUT2D eigenvalue weighted by Crippen LogP contribution is 2.44. The molecule has 1 saturated carbocycles. The van der Waals surface area contributed by atoms with E-state index in [2.05, 4.69) is 33.0 Å². The molecule has 0 saturated heterocycles. The Kier molecular flexibility index (Phi) is 5.17. The van der Waals surface area contributed by atoms with E-state index >= 15 is 0 Å². The molecule has 0 bridgehead atoms. The van der Waals surface area contributed by atoms with E-state index in [4.69, 9.17) is 0 Å². The van der Waals surface area contributed by atoms with Gasteiger partial charge in [0, 0.05) is 29.7 Å². The lowest BCUT2D eigenvalue weighted by Gasteiger charge is -2.31. The zero-order valence-electron chi connectivity index (χ0n) is 15.5. The van der Waals surface area contributed by atoms with Gasteiger partial charge < -0.3 is 4.90 Å². The van der Waals surface area contributed by atoms with Gasteiger partial charge in [0.1, 0.15) is 0 Å². The van der Waals surface area contributed by atoms with Crippen LogP contribution in [0.4, 0.5) is 5.69 Å². The molecule has 0 N–H and O–H groups in total. The molecule has 27 heavy (non-hydrogen) atoms. The van der Waals surface area contributed by atoms with Crippen LogP contribution in [0.25, 0.3) is 11.1 Å². The van der Waals surface area contributed by atoms with Crippen molar-refractivity contribution in [3.05, 3.63) is 59.7 Å². The summed E-state index contributed by atoms with van der Waals surface area (Å²) >= 11 is 3.67. The Morgan fingerprint density at radius 2 is 1.89 bits per heavy atom. The second kappa shape index (κ2) is 7.44. The first-order chi connectivity index (χ1) is 13.0. The van der Waals surface area contributed by atoms with Crippen LogP contribution in [0, 0.1) is 6.92 Å². The van der Waals surface area contributed by atoms with Crippen molar-refractivity contribution in [1.29, 1.82) is 0 Å². The van der Waals surface area contributed by atoms with Gasteiger partial charge in [0.25, 0.3) is 0 Å². The molecule has 2 aliphatic rings. The van der Waals surface area contributed by atoms with Crippen LogP contribution in [0.2, 0.25) is 0 Å². The van der Waals surface area contributed by atoms with Crippen molar-refractivity contribution in [1.82, 2.24) is 0 Å². The molecule has 2 aromatic rings. The fraction of sp³-hybridized carbons (Fsp3) is 0.364. The smallest absolute Gasteiger partial charge is 0.181 e. The molecule has 0 atom stereocenters. The predicted molar refractivity (Wildman–Crippen MR) is 115 cm³/mol. The lowest BCUT2D eigenvalue weighted by atomic mass is 9.95. The van der Waals surface area contributed by atoms with Gasteiger partial charge in [-0.05, 0) is 48.9 Å². The first kappa shape index (κ1) is 18.8. The van der Waals surface area contributed by atoms with Gasteiger partial charge in [0.2, 0.25) is 0 Å². The van der Waals surface area contributed by atoms with E-state index in [1.165, 1.54) is 5.69 Å². The van der Waals surface area contributed by atoms with Crippen LogP contribution >= 0.6 is 15.9 Å². The van der Waals surface area contributed by atoms with Crippen LogP contribution in [0.5, 0.6) is 0 Å². The molecule has 1 fully saturated rings. The van der Waals surface area contributed by atoms with Crippen molar-refractivity contribution < 1.29 is 8.42 Å². The molecule has 1 heterocycles. The van der Waals surface area contributed by atoms with Gasteiger partial charge in [0.05, 0.1) is 10.1 Å². The van der Waals surface area contributed by atoms with Gasteiger partial charge in [0.15, 0.2) is 9.84 Å². The number of rotatable bonds is 5. The lowest BCUT2D eigenvalue weighted by molar-refractivity contribution is 0.595. The topological polar surface area (TPSA) is 37.4 Å². The highest BCUT2D eigenvalue weighted by molar-refractivity contribution is 9.08. The number of halogens is 1. The van der Waals surface area contributed by atoms with Crippen LogP contribution in [0.3, 0.4) is 0 Å². The highest BCUT2D eigenvalue weighted by Gasteiger charge is 2.39. The molecule has 4 rings (SSSR count). The van der Waals surface area contributed by atoms with Crippen LogP contribution in [0.15, 0.2) is 53.4 Å². The number of benzene rings is 2. The Morgan fingerprint density at radius 1 is 1.15 bits per heavy atom. The van der Waals surface area contributed by atoms with E-state index in [1.807, 2.05) is 43.3 Å². The second-order valence-corrected chi connectivity index (χ2v) is 10.1. The molecule has 0 aromatic heterocycles. The molecule has 1 aliphatic carbocycles. The number of hydrogen-bond donors (Lipinski definition) is 0. The third-order valence-corrected chi connectivity index (χ3v) is 8.24. The zero-order chi connectivity index (χ0) is 19.0. The summed E-state index contributed by atoms with van der Waals surface area (Å²) in [6.07, 6.45) is 6.97. The summed E-state index contributed by atoms with van der Waals surface area (Å²) < 4.78 is 26.5. The van der Waals surface area contributed by atoms with Crippen LogP contribution in [-0.2, 0) is 15.2 Å². The van der Waals surface area contributed by atoms with Gasteiger partial charge in [-0.3, -0.25) is 0 Å². The normalized spacial score (nSPS) is 17.3. The molecule has 0 spiro atoms. The van der Waals surface area contributed by atoms with Crippen LogP contribution in [0.1, 0.15) is 30.4 Å². The fourth-order valence-electron chi connectivity index (χ4n) is 3.96. The zero-order valence-corrected chi connectivity index (χ0v) is 17.9. The highest BCUT2D eigenvalue weighted by atomic mass is 79.9. The van der Waals surface area contributed by atoms with Gasteiger partial charge in [-0.15, -0.1) is 0 Å². The third kappa shape index (κ3) is 3.47. The molecule has 0 unspecified atom stereocenters. The Labute approximate surface area is 170 Å². The third-order valence-electron chi connectivity index (χ3n) is 5.40. The fourth-order valence-corrected chi connectivity index (χ4v) is 6.49. The monoisotopic (exact) mass is 445 g/mol. The lowest BCUT2D eigenvalue weighted by Crippen LogP contribution is -2.29. The van der Waals surface area contributed by atoms with E-state index in [-0.39, 0.29) is 5.25 Å². The quantitative estimate of drug-likeness (QED) is 0.465. The van der Waals surface area contributed by atoms with Crippen LogP contribution < -0.4 is 4.90 Å². The second-order valence-electron chi connectivity index (χ2n) is 7.34. The van der Waals surface area contributed by atoms with E-state index < -0.39 is 9.84 Å². The molecule has 142 valence electrons. The van der Waals surface area contributed by atoms with Crippen molar-refractivity contribution in [2.24, 2.45) is 0 Å². The maximum absolute atomic E-state index is 13.3. The van der Waals surface area contributed by atoms with Gasteiger partial charge in [-0.1, -0.05) is 58.4 Å². The SMILES string of the molecule is Cc1cc(S(=O)(=O)C2CC2)c(-c2ccccc2)c(CBr)c1N1CC=CCC1. The summed E-state index contributed by atoms with van der Waals surface area (Å²) in [4.78, 5) is 2.87. The maximum atomic E-state index is 13.3. The molecular weight excluding hydrogens is 422 g/mol. The largest absolute Gasteiger partial charge is 0.367 e. The number of hydrogen-bond acceptors (Lipinski definition) is 3. The number of alkyl halides is 1. The summed E-state index contributed by atoms with van der Waals surface area (Å²) in [5.41, 5.74) is 5.13. The summed E-state index contributed by atoms with van der Waals surface area (Å²) in [6.45, 7) is 3.87. The molecule has 5 heteroatoms. The van der Waals surface area contributed by atoms with E-state index in [1.54, 1.807) is 0 Å². The predicted octanol–water partition coefficient (Wildman–Crippen LogP) is 5.26. The summed E-state index contributed by atoms with van der Waals surface area (Å²) in [7, 11) is -3.30. The number of sulfone groups is 1. The van der Waals surface area contributed by atoms with Gasteiger partial charge in [-0.25, -0.2) is 8.42 Å². The maximum Gasteiger partial charge on any atom is 0.181 e. The number of nitrogens with zero attached hydrogens (tertiary/aromatic N) is 1. The molecular formula is C22H24BrNO2S. The minimum Gasteiger partial charge on any atom is -0.367 e. The minimum absolute atomic E-state index is 0.216. The molecule has 0 amide bonds. The summed E-state index contributed by atoms with van der Waals surface area (Å²) in [5, 5.41) is 0.410. The van der Waals surface area contributed by atoms with E-state index in [0.717, 1.165) is 54.6 Å². The Morgan fingerprint density at radius 3 is 2.48 bits per heavy atom. The molecule has 2 aromatic carbocycles. The molecule has 3 nitrogen and oxygen atoms in total. The van der Waals surface area contributed by atoms with Crippen molar-refractivity contribution in [2.75, 3.05) is 18.0 Å². The van der Waals surface area contributed by atoms with E-state index in [9.17, 15) is 8.42 Å². The van der Waals surface area contributed by atoms with Crippen molar-refractivity contribution in [3.63, 3.8) is 0 Å². The molecule has 1 aliphatic heterocycles. The minimum atomic E-state index is -3.30. The summed E-state index contributed by atoms with van der Waals surface area (Å²) in [6, 6.07) is 11.9. The first-order valence-corrected chi connectivity index (χ1v) is 12.1. The van der Waals surface area contributed by atoms with Crippen molar-refractivity contribution >= 4 is 31.5 Å².